The lowest BCUT2D eigenvalue weighted by molar-refractivity contribution is -0.134. The van der Waals surface area contributed by atoms with Crippen LogP contribution in [0.2, 0.25) is 0 Å². The van der Waals surface area contributed by atoms with Crippen molar-refractivity contribution in [3.63, 3.8) is 0 Å². The van der Waals surface area contributed by atoms with Crippen LogP contribution in [-0.2, 0) is 4.79 Å². The molecule has 5 heteroatoms. The van der Waals surface area contributed by atoms with Gasteiger partial charge in [0.05, 0.1) is 6.04 Å². The highest BCUT2D eigenvalue weighted by Gasteiger charge is 2.28. The molecule has 2 atom stereocenters. The van der Waals surface area contributed by atoms with E-state index in [0.29, 0.717) is 6.42 Å². The van der Waals surface area contributed by atoms with Gasteiger partial charge in [-0.2, -0.15) is 0 Å². The minimum Gasteiger partial charge on any atom is -0.333 e. The average molecular weight is 310 g/mol. The molecular formula is C18H22N4O. The molecule has 2 unspecified atom stereocenters. The Kier molecular flexibility index (Phi) is 4.98. The number of nitrogens with one attached hydrogen (secondary N) is 1. The van der Waals surface area contributed by atoms with Crippen LogP contribution in [0.25, 0.3) is 0 Å². The highest BCUT2D eigenvalue weighted by molar-refractivity contribution is 5.77. The van der Waals surface area contributed by atoms with E-state index in [1.807, 2.05) is 41.6 Å². The summed E-state index contributed by atoms with van der Waals surface area (Å²) in [7, 11) is 0. The second-order valence-electron chi connectivity index (χ2n) is 5.98. The Bertz CT molecular complexity index is 632. The van der Waals surface area contributed by atoms with Crippen LogP contribution >= 0.6 is 0 Å². The highest BCUT2D eigenvalue weighted by Crippen LogP contribution is 2.25. The molecule has 120 valence electrons. The third-order valence-corrected chi connectivity index (χ3v) is 4.37. The van der Waals surface area contributed by atoms with Crippen molar-refractivity contribution in [2.75, 3.05) is 19.6 Å². The molecule has 1 amide bonds. The third-order valence-electron chi connectivity index (χ3n) is 4.37. The van der Waals surface area contributed by atoms with Crippen molar-refractivity contribution in [3.8, 4) is 0 Å². The lowest BCUT2D eigenvalue weighted by atomic mass is 9.97. The Morgan fingerprint density at radius 2 is 2.09 bits per heavy atom. The number of carbonyl (C=O) groups excluding carboxylic acids is 1. The fourth-order valence-corrected chi connectivity index (χ4v) is 3.04. The predicted octanol–water partition coefficient (Wildman–Crippen LogP) is 2.14. The van der Waals surface area contributed by atoms with Crippen LogP contribution in [0.1, 0.15) is 36.4 Å². The molecule has 3 rings (SSSR count). The van der Waals surface area contributed by atoms with E-state index in [1.54, 1.807) is 12.4 Å². The summed E-state index contributed by atoms with van der Waals surface area (Å²) >= 11 is 0. The van der Waals surface area contributed by atoms with Crippen LogP contribution in [0.5, 0.6) is 0 Å². The van der Waals surface area contributed by atoms with Gasteiger partial charge >= 0.3 is 0 Å². The average Bonchev–Trinajstić information content (AvgIpc) is 2.63. The van der Waals surface area contributed by atoms with Crippen LogP contribution in [0.15, 0.2) is 49.1 Å². The van der Waals surface area contributed by atoms with Crippen LogP contribution in [0.3, 0.4) is 0 Å². The van der Waals surface area contributed by atoms with E-state index in [1.165, 1.54) is 0 Å². The second-order valence-corrected chi connectivity index (χ2v) is 5.98. The quantitative estimate of drug-likeness (QED) is 0.940. The predicted molar refractivity (Wildman–Crippen MR) is 88.8 cm³/mol. The summed E-state index contributed by atoms with van der Waals surface area (Å²) in [5.41, 5.74) is 2.19. The second kappa shape index (κ2) is 7.33. The number of piperazine rings is 1. The van der Waals surface area contributed by atoms with Crippen molar-refractivity contribution in [2.45, 2.75) is 25.3 Å². The molecule has 1 N–H and O–H groups in total. The summed E-state index contributed by atoms with van der Waals surface area (Å²) in [5, 5.41) is 3.37. The van der Waals surface area contributed by atoms with Crippen LogP contribution in [-0.4, -0.2) is 40.4 Å². The van der Waals surface area contributed by atoms with Crippen LogP contribution in [0.4, 0.5) is 0 Å². The standard InChI is InChI=1S/C18H22N4O/c1-14(15-4-2-6-19-11-15)10-18(23)22-9-8-21-13-17(22)16-5-3-7-20-12-16/h2-7,11-12,14,17,21H,8-10,13H2,1H3. The van der Waals surface area contributed by atoms with Gasteiger partial charge in [-0.1, -0.05) is 19.1 Å². The maximum absolute atomic E-state index is 12.8. The van der Waals surface area contributed by atoms with Crippen LogP contribution in [0, 0.1) is 0 Å². The third kappa shape index (κ3) is 3.74. The van der Waals surface area contributed by atoms with E-state index in [9.17, 15) is 4.79 Å². The van der Waals surface area contributed by atoms with Crippen molar-refractivity contribution in [3.05, 3.63) is 60.2 Å². The zero-order chi connectivity index (χ0) is 16.1. The van der Waals surface area contributed by atoms with Gasteiger partial charge in [0.25, 0.3) is 0 Å². The number of hydrogen-bond acceptors (Lipinski definition) is 4. The van der Waals surface area contributed by atoms with Gasteiger partial charge < -0.3 is 10.2 Å². The van der Waals surface area contributed by atoms with Gasteiger partial charge in [0.1, 0.15) is 0 Å². The highest BCUT2D eigenvalue weighted by atomic mass is 16.2. The van der Waals surface area contributed by atoms with E-state index in [4.69, 9.17) is 0 Å². The lowest BCUT2D eigenvalue weighted by Gasteiger charge is -2.37. The summed E-state index contributed by atoms with van der Waals surface area (Å²) in [4.78, 5) is 23.1. The molecule has 5 nitrogen and oxygen atoms in total. The van der Waals surface area contributed by atoms with Crippen molar-refractivity contribution in [1.29, 1.82) is 0 Å². The number of carbonyl (C=O) groups is 1. The van der Waals surface area contributed by atoms with Gasteiger partial charge in [-0.05, 0) is 29.2 Å². The first-order chi connectivity index (χ1) is 11.3. The Labute approximate surface area is 136 Å². The molecule has 1 fully saturated rings. The van der Waals surface area contributed by atoms with Gasteiger partial charge in [-0.3, -0.25) is 14.8 Å². The minimum absolute atomic E-state index is 0.0612. The van der Waals surface area contributed by atoms with Crippen molar-refractivity contribution in [1.82, 2.24) is 20.2 Å². The summed E-state index contributed by atoms with van der Waals surface area (Å²) in [6.07, 6.45) is 7.71. The molecule has 23 heavy (non-hydrogen) atoms. The molecule has 2 aromatic heterocycles. The molecule has 3 heterocycles. The number of hydrogen-bond donors (Lipinski definition) is 1. The Morgan fingerprint density at radius 3 is 2.78 bits per heavy atom. The van der Waals surface area contributed by atoms with Gasteiger partial charge in [-0.25, -0.2) is 0 Å². The summed E-state index contributed by atoms with van der Waals surface area (Å²) < 4.78 is 0. The van der Waals surface area contributed by atoms with Gasteiger partial charge in [0, 0.05) is 50.8 Å². The number of rotatable bonds is 4. The molecule has 0 spiro atoms. The molecule has 2 aromatic rings. The fourth-order valence-electron chi connectivity index (χ4n) is 3.04. The molecule has 1 saturated heterocycles. The van der Waals surface area contributed by atoms with Gasteiger partial charge in [-0.15, -0.1) is 0 Å². The molecule has 0 aliphatic carbocycles. The summed E-state index contributed by atoms with van der Waals surface area (Å²) in [5.74, 6) is 0.359. The fraction of sp³-hybridized carbons (Fsp3) is 0.389. The van der Waals surface area contributed by atoms with E-state index in [0.717, 1.165) is 30.8 Å². The molecule has 1 aliphatic heterocycles. The van der Waals surface area contributed by atoms with Crippen LogP contribution < -0.4 is 5.32 Å². The molecule has 0 radical (unpaired) electrons. The largest absolute Gasteiger partial charge is 0.333 e. The normalized spacial score (nSPS) is 19.3. The molecule has 0 bridgehead atoms. The zero-order valence-electron chi connectivity index (χ0n) is 13.4. The maximum Gasteiger partial charge on any atom is 0.223 e. The first-order valence-corrected chi connectivity index (χ1v) is 8.05. The van der Waals surface area contributed by atoms with E-state index in [2.05, 4.69) is 22.2 Å². The van der Waals surface area contributed by atoms with Crippen molar-refractivity contribution < 1.29 is 4.79 Å². The van der Waals surface area contributed by atoms with Crippen molar-refractivity contribution >= 4 is 5.91 Å². The first-order valence-electron chi connectivity index (χ1n) is 8.05. The Morgan fingerprint density at radius 1 is 1.30 bits per heavy atom. The zero-order valence-corrected chi connectivity index (χ0v) is 13.4. The van der Waals surface area contributed by atoms with Crippen molar-refractivity contribution in [2.24, 2.45) is 0 Å². The van der Waals surface area contributed by atoms with Gasteiger partial charge in [0.15, 0.2) is 0 Å². The minimum atomic E-state index is 0.0612. The monoisotopic (exact) mass is 310 g/mol. The van der Waals surface area contributed by atoms with E-state index < -0.39 is 0 Å². The Balaban J connectivity index is 1.72. The Hall–Kier alpha value is -2.27. The summed E-state index contributed by atoms with van der Waals surface area (Å²) in [6.45, 7) is 4.43. The van der Waals surface area contributed by atoms with E-state index in [-0.39, 0.29) is 17.9 Å². The van der Waals surface area contributed by atoms with Gasteiger partial charge in [0.2, 0.25) is 5.91 Å². The molecule has 1 aliphatic rings. The smallest absolute Gasteiger partial charge is 0.223 e. The number of pyridine rings is 2. The summed E-state index contributed by atoms with van der Waals surface area (Å²) in [6, 6.07) is 7.97. The first kappa shape index (κ1) is 15.6. The maximum atomic E-state index is 12.8. The molecule has 0 saturated carbocycles. The SMILES string of the molecule is CC(CC(=O)N1CCNCC1c1cccnc1)c1cccnc1. The molecular weight excluding hydrogens is 288 g/mol. The number of nitrogens with zero attached hydrogens (tertiary/aromatic N) is 3. The number of amides is 1. The molecule has 0 aromatic carbocycles. The lowest BCUT2D eigenvalue weighted by Crippen LogP contribution is -2.48. The number of aromatic nitrogens is 2. The van der Waals surface area contributed by atoms with E-state index >= 15 is 0 Å². The topological polar surface area (TPSA) is 58.1 Å².